The summed E-state index contributed by atoms with van der Waals surface area (Å²) in [6.45, 7) is 6.77. The van der Waals surface area contributed by atoms with E-state index in [0.717, 1.165) is 38.4 Å². The van der Waals surface area contributed by atoms with Crippen LogP contribution in [0.4, 0.5) is 0 Å². The molecule has 5 rings (SSSR count). The predicted octanol–water partition coefficient (Wildman–Crippen LogP) is 1.83. The number of fused-ring (bicyclic) bond motifs is 1. The molecule has 2 fully saturated rings. The zero-order chi connectivity index (χ0) is 24.9. The summed E-state index contributed by atoms with van der Waals surface area (Å²) in [6.07, 6.45) is 0.975. The highest BCUT2D eigenvalue weighted by molar-refractivity contribution is 5.95. The highest BCUT2D eigenvalue weighted by Crippen LogP contribution is 2.29. The second-order valence-corrected chi connectivity index (χ2v) is 9.26. The Balaban J connectivity index is 1.14. The molecule has 3 aliphatic heterocycles. The molecule has 2 amide bonds. The van der Waals surface area contributed by atoms with E-state index in [4.69, 9.17) is 18.9 Å². The minimum Gasteiger partial charge on any atom is -0.493 e. The van der Waals surface area contributed by atoms with Gasteiger partial charge in [0.1, 0.15) is 5.75 Å². The van der Waals surface area contributed by atoms with E-state index in [0.29, 0.717) is 56.5 Å². The number of ether oxygens (including phenoxy) is 4. The lowest BCUT2D eigenvalue weighted by Gasteiger charge is -2.35. The second kappa shape index (κ2) is 11.2. The molecule has 2 saturated heterocycles. The van der Waals surface area contributed by atoms with Crippen LogP contribution in [-0.2, 0) is 22.5 Å². The van der Waals surface area contributed by atoms with Crippen LogP contribution in [0.5, 0.6) is 17.2 Å². The Kier molecular flexibility index (Phi) is 7.58. The molecular formula is C27H33N3O6. The fourth-order valence-electron chi connectivity index (χ4n) is 4.85. The first kappa shape index (κ1) is 24.4. The van der Waals surface area contributed by atoms with Gasteiger partial charge in [-0.15, -0.1) is 0 Å². The van der Waals surface area contributed by atoms with Crippen LogP contribution in [0.25, 0.3) is 0 Å². The van der Waals surface area contributed by atoms with E-state index in [1.54, 1.807) is 23.1 Å². The van der Waals surface area contributed by atoms with E-state index >= 15 is 0 Å². The lowest BCUT2D eigenvalue weighted by Crippen LogP contribution is -2.48. The summed E-state index contributed by atoms with van der Waals surface area (Å²) in [5.41, 5.74) is 3.12. The average Bonchev–Trinajstić information content (AvgIpc) is 3.40. The summed E-state index contributed by atoms with van der Waals surface area (Å²) in [6, 6.07) is 11.6. The maximum atomic E-state index is 13.2. The topological polar surface area (TPSA) is 80.8 Å². The Morgan fingerprint density at radius 2 is 1.69 bits per heavy atom. The van der Waals surface area contributed by atoms with Crippen molar-refractivity contribution in [1.82, 2.24) is 14.7 Å². The van der Waals surface area contributed by atoms with Crippen LogP contribution in [0.15, 0.2) is 36.4 Å². The fraction of sp³-hybridized carbons (Fsp3) is 0.481. The lowest BCUT2D eigenvalue weighted by atomic mass is 10.1. The van der Waals surface area contributed by atoms with Crippen molar-refractivity contribution in [2.75, 3.05) is 72.8 Å². The summed E-state index contributed by atoms with van der Waals surface area (Å²) in [5, 5.41) is 0. The summed E-state index contributed by atoms with van der Waals surface area (Å²) in [7, 11) is 1.53. The molecule has 2 aromatic rings. The quantitative estimate of drug-likeness (QED) is 0.580. The molecule has 0 saturated carbocycles. The van der Waals surface area contributed by atoms with Crippen molar-refractivity contribution in [3.63, 3.8) is 0 Å². The summed E-state index contributed by atoms with van der Waals surface area (Å²) < 4.78 is 22.1. The van der Waals surface area contributed by atoms with Crippen LogP contribution in [-0.4, -0.2) is 99.3 Å². The van der Waals surface area contributed by atoms with Gasteiger partial charge in [0.05, 0.1) is 26.9 Å². The van der Waals surface area contributed by atoms with Gasteiger partial charge in [0.15, 0.2) is 18.1 Å². The summed E-state index contributed by atoms with van der Waals surface area (Å²) in [4.78, 5) is 31.5. The van der Waals surface area contributed by atoms with Crippen LogP contribution in [0.3, 0.4) is 0 Å². The Labute approximate surface area is 211 Å². The second-order valence-electron chi connectivity index (χ2n) is 9.26. The maximum Gasteiger partial charge on any atom is 0.260 e. The molecule has 9 heteroatoms. The largest absolute Gasteiger partial charge is 0.493 e. The first-order chi connectivity index (χ1) is 17.6. The van der Waals surface area contributed by atoms with Crippen LogP contribution >= 0.6 is 0 Å². The van der Waals surface area contributed by atoms with Gasteiger partial charge in [0.2, 0.25) is 0 Å². The number of rotatable bonds is 7. The van der Waals surface area contributed by atoms with E-state index in [1.807, 2.05) is 4.90 Å². The highest BCUT2D eigenvalue weighted by atomic mass is 16.5. The molecule has 2 aromatic carbocycles. The lowest BCUT2D eigenvalue weighted by molar-refractivity contribution is -0.137. The third kappa shape index (κ3) is 5.57. The van der Waals surface area contributed by atoms with Crippen molar-refractivity contribution in [1.29, 1.82) is 0 Å². The number of hydrogen-bond acceptors (Lipinski definition) is 7. The standard InChI is InChI=1S/C27H33N3O6/c1-33-25-17-22(3-5-24(25)36-19-26(31)29-11-14-34-15-12-29)27(32)30-9-7-28(8-10-30)18-20-2-4-23-21(16-20)6-13-35-23/h2-5,16-17H,6-15,18-19H2,1H3. The Morgan fingerprint density at radius 1 is 0.889 bits per heavy atom. The predicted molar refractivity (Wildman–Crippen MR) is 133 cm³/mol. The number of carbonyl (C=O) groups is 2. The van der Waals surface area contributed by atoms with Gasteiger partial charge in [-0.25, -0.2) is 0 Å². The molecule has 0 spiro atoms. The van der Waals surface area contributed by atoms with Gasteiger partial charge >= 0.3 is 0 Å². The molecule has 3 aliphatic rings. The van der Waals surface area contributed by atoms with Crippen molar-refractivity contribution in [3.8, 4) is 17.2 Å². The van der Waals surface area contributed by atoms with Gasteiger partial charge in [-0.05, 0) is 35.4 Å². The number of carbonyl (C=O) groups excluding carboxylic acids is 2. The maximum absolute atomic E-state index is 13.2. The number of morpholine rings is 1. The first-order valence-corrected chi connectivity index (χ1v) is 12.5. The van der Waals surface area contributed by atoms with E-state index in [2.05, 4.69) is 23.1 Å². The molecule has 0 aromatic heterocycles. The van der Waals surface area contributed by atoms with Gasteiger partial charge in [0.25, 0.3) is 11.8 Å². The van der Waals surface area contributed by atoms with Crippen molar-refractivity contribution in [2.45, 2.75) is 13.0 Å². The highest BCUT2D eigenvalue weighted by Gasteiger charge is 2.24. The summed E-state index contributed by atoms with van der Waals surface area (Å²) in [5.74, 6) is 1.77. The van der Waals surface area contributed by atoms with E-state index in [1.165, 1.54) is 18.2 Å². The molecule has 192 valence electrons. The number of hydrogen-bond donors (Lipinski definition) is 0. The van der Waals surface area contributed by atoms with Gasteiger partial charge in [-0.3, -0.25) is 14.5 Å². The Morgan fingerprint density at radius 3 is 2.47 bits per heavy atom. The van der Waals surface area contributed by atoms with Crippen LogP contribution in [0.2, 0.25) is 0 Å². The van der Waals surface area contributed by atoms with Crippen molar-refractivity contribution >= 4 is 11.8 Å². The molecule has 0 radical (unpaired) electrons. The smallest absolute Gasteiger partial charge is 0.260 e. The third-order valence-corrected chi connectivity index (χ3v) is 6.95. The Hall–Kier alpha value is -3.30. The van der Waals surface area contributed by atoms with Crippen molar-refractivity contribution in [3.05, 3.63) is 53.1 Å². The van der Waals surface area contributed by atoms with E-state index in [9.17, 15) is 9.59 Å². The molecule has 9 nitrogen and oxygen atoms in total. The summed E-state index contributed by atoms with van der Waals surface area (Å²) >= 11 is 0. The first-order valence-electron chi connectivity index (χ1n) is 12.5. The van der Waals surface area contributed by atoms with Gasteiger partial charge in [0, 0.05) is 57.8 Å². The van der Waals surface area contributed by atoms with Crippen molar-refractivity contribution < 1.29 is 28.5 Å². The molecule has 0 N–H and O–H groups in total. The third-order valence-electron chi connectivity index (χ3n) is 6.95. The molecule has 0 unspecified atom stereocenters. The monoisotopic (exact) mass is 495 g/mol. The number of amides is 2. The number of piperazine rings is 1. The van der Waals surface area contributed by atoms with Gasteiger partial charge in [-0.1, -0.05) is 12.1 Å². The van der Waals surface area contributed by atoms with E-state index < -0.39 is 0 Å². The average molecular weight is 496 g/mol. The number of nitrogens with zero attached hydrogens (tertiary/aromatic N) is 3. The minimum atomic E-state index is -0.0911. The fourth-order valence-corrected chi connectivity index (χ4v) is 4.85. The molecule has 0 bridgehead atoms. The molecule has 0 aliphatic carbocycles. The van der Waals surface area contributed by atoms with Crippen LogP contribution in [0.1, 0.15) is 21.5 Å². The van der Waals surface area contributed by atoms with Crippen LogP contribution in [0, 0.1) is 0 Å². The van der Waals surface area contributed by atoms with E-state index in [-0.39, 0.29) is 18.4 Å². The van der Waals surface area contributed by atoms with Crippen molar-refractivity contribution in [2.24, 2.45) is 0 Å². The van der Waals surface area contributed by atoms with Crippen LogP contribution < -0.4 is 14.2 Å². The zero-order valence-electron chi connectivity index (χ0n) is 20.7. The molecule has 3 heterocycles. The molecule has 36 heavy (non-hydrogen) atoms. The molecular weight excluding hydrogens is 462 g/mol. The normalized spacial score (nSPS) is 17.9. The number of benzene rings is 2. The number of methoxy groups -OCH3 is 1. The van der Waals surface area contributed by atoms with Gasteiger partial charge in [-0.2, -0.15) is 0 Å². The molecule has 0 atom stereocenters. The SMILES string of the molecule is COc1cc(C(=O)N2CCN(Cc3ccc4c(c3)CCO4)CC2)ccc1OCC(=O)N1CCOCC1. The Bertz CT molecular complexity index is 1090. The minimum absolute atomic E-state index is 0.0291. The van der Waals surface area contributed by atoms with Gasteiger partial charge < -0.3 is 28.7 Å². The zero-order valence-corrected chi connectivity index (χ0v) is 20.7.